The summed E-state index contributed by atoms with van der Waals surface area (Å²) in [7, 11) is 0. The smallest absolute Gasteiger partial charge is 0.318 e. The molecule has 0 spiro atoms. The first-order valence-corrected chi connectivity index (χ1v) is 5.13. The second-order valence-corrected chi connectivity index (χ2v) is 2.69. The molecule has 0 aliphatic heterocycles. The SMILES string of the molecule is C/C=C/NC(=O)NCC(OCC)OCC. The Morgan fingerprint density at radius 2 is 1.93 bits per heavy atom. The number of rotatable bonds is 7. The Kier molecular flexibility index (Phi) is 8.81. The van der Waals surface area contributed by atoms with Crippen molar-refractivity contribution in [3.05, 3.63) is 12.3 Å². The molecule has 0 aromatic rings. The van der Waals surface area contributed by atoms with E-state index in [-0.39, 0.29) is 12.3 Å². The Labute approximate surface area is 90.8 Å². The van der Waals surface area contributed by atoms with Crippen molar-refractivity contribution >= 4 is 6.03 Å². The van der Waals surface area contributed by atoms with Gasteiger partial charge in [-0.15, -0.1) is 0 Å². The van der Waals surface area contributed by atoms with Crippen LogP contribution in [0.2, 0.25) is 0 Å². The van der Waals surface area contributed by atoms with Crippen LogP contribution >= 0.6 is 0 Å². The molecule has 0 bridgehead atoms. The van der Waals surface area contributed by atoms with Gasteiger partial charge in [0.15, 0.2) is 6.29 Å². The average Bonchev–Trinajstić information content (AvgIpc) is 2.23. The van der Waals surface area contributed by atoms with E-state index in [1.165, 1.54) is 0 Å². The first-order chi connectivity index (χ1) is 7.24. The van der Waals surface area contributed by atoms with E-state index in [0.29, 0.717) is 19.8 Å². The number of hydrogen-bond donors (Lipinski definition) is 2. The van der Waals surface area contributed by atoms with Gasteiger partial charge in [0.1, 0.15) is 0 Å². The minimum atomic E-state index is -0.378. The maximum atomic E-state index is 11.1. The van der Waals surface area contributed by atoms with Crippen LogP contribution in [0, 0.1) is 0 Å². The van der Waals surface area contributed by atoms with Crippen molar-refractivity contribution < 1.29 is 14.3 Å². The molecule has 0 aromatic heterocycles. The largest absolute Gasteiger partial charge is 0.351 e. The van der Waals surface area contributed by atoms with Crippen LogP contribution in [0.4, 0.5) is 4.79 Å². The fourth-order valence-electron chi connectivity index (χ4n) is 0.924. The summed E-state index contributed by atoms with van der Waals surface area (Å²) in [6.45, 7) is 7.04. The normalized spacial score (nSPS) is 10.9. The first-order valence-electron chi connectivity index (χ1n) is 5.13. The molecule has 0 saturated carbocycles. The minimum absolute atomic E-state index is 0.266. The number of hydrogen-bond acceptors (Lipinski definition) is 3. The molecule has 88 valence electrons. The Morgan fingerprint density at radius 1 is 1.33 bits per heavy atom. The third-order valence-corrected chi connectivity index (χ3v) is 1.52. The van der Waals surface area contributed by atoms with Crippen LogP contribution in [0.3, 0.4) is 0 Å². The molecular formula is C10H20N2O3. The van der Waals surface area contributed by atoms with E-state index < -0.39 is 0 Å². The van der Waals surface area contributed by atoms with Gasteiger partial charge in [0.05, 0.1) is 6.54 Å². The summed E-state index contributed by atoms with van der Waals surface area (Å²) in [6, 6.07) is -0.266. The molecule has 0 aliphatic rings. The Bertz CT molecular complexity index is 189. The molecule has 0 saturated heterocycles. The molecule has 0 fully saturated rings. The van der Waals surface area contributed by atoms with Gasteiger partial charge in [0, 0.05) is 19.4 Å². The third-order valence-electron chi connectivity index (χ3n) is 1.52. The van der Waals surface area contributed by atoms with Gasteiger partial charge in [-0.2, -0.15) is 0 Å². The molecule has 15 heavy (non-hydrogen) atoms. The average molecular weight is 216 g/mol. The molecule has 0 unspecified atom stereocenters. The molecule has 0 heterocycles. The van der Waals surface area contributed by atoms with Crippen molar-refractivity contribution in [2.75, 3.05) is 19.8 Å². The monoisotopic (exact) mass is 216 g/mol. The zero-order valence-corrected chi connectivity index (χ0v) is 9.58. The molecule has 0 aliphatic carbocycles. The van der Waals surface area contributed by atoms with Crippen molar-refractivity contribution in [3.63, 3.8) is 0 Å². The highest BCUT2D eigenvalue weighted by molar-refractivity contribution is 5.74. The highest BCUT2D eigenvalue weighted by Gasteiger charge is 2.08. The van der Waals surface area contributed by atoms with Gasteiger partial charge in [-0.3, -0.25) is 0 Å². The van der Waals surface area contributed by atoms with E-state index >= 15 is 0 Å². The molecule has 0 rings (SSSR count). The molecule has 0 aromatic carbocycles. The Hall–Kier alpha value is -1.07. The lowest BCUT2D eigenvalue weighted by atomic mass is 10.6. The number of amides is 2. The molecule has 5 nitrogen and oxygen atoms in total. The highest BCUT2D eigenvalue weighted by atomic mass is 16.7. The lowest BCUT2D eigenvalue weighted by Gasteiger charge is -2.17. The zero-order valence-electron chi connectivity index (χ0n) is 9.58. The van der Waals surface area contributed by atoms with Crippen molar-refractivity contribution in [2.24, 2.45) is 0 Å². The highest BCUT2D eigenvalue weighted by Crippen LogP contribution is 1.92. The Balaban J connectivity index is 3.71. The van der Waals surface area contributed by atoms with Gasteiger partial charge in [0.25, 0.3) is 0 Å². The fourth-order valence-corrected chi connectivity index (χ4v) is 0.924. The van der Waals surface area contributed by atoms with Crippen LogP contribution in [-0.2, 0) is 9.47 Å². The summed E-state index contributed by atoms with van der Waals surface area (Å²) in [5.74, 6) is 0. The van der Waals surface area contributed by atoms with Gasteiger partial charge < -0.3 is 20.1 Å². The van der Waals surface area contributed by atoms with Crippen LogP contribution in [0.5, 0.6) is 0 Å². The Morgan fingerprint density at radius 3 is 2.40 bits per heavy atom. The number of ether oxygens (including phenoxy) is 2. The van der Waals surface area contributed by atoms with E-state index in [4.69, 9.17) is 9.47 Å². The van der Waals surface area contributed by atoms with Crippen LogP contribution in [0.15, 0.2) is 12.3 Å². The maximum Gasteiger partial charge on any atom is 0.318 e. The number of urea groups is 1. The predicted octanol–water partition coefficient (Wildman–Crippen LogP) is 1.22. The number of nitrogens with one attached hydrogen (secondary N) is 2. The predicted molar refractivity (Wildman–Crippen MR) is 58.4 cm³/mol. The van der Waals surface area contributed by atoms with Gasteiger partial charge in [-0.1, -0.05) is 6.08 Å². The summed E-state index contributed by atoms with van der Waals surface area (Å²) < 4.78 is 10.5. The zero-order chi connectivity index (χ0) is 11.5. The summed E-state index contributed by atoms with van der Waals surface area (Å²) in [6.07, 6.45) is 2.92. The van der Waals surface area contributed by atoms with E-state index in [0.717, 1.165) is 0 Å². The molecule has 2 N–H and O–H groups in total. The van der Waals surface area contributed by atoms with Gasteiger partial charge in [-0.05, 0) is 20.8 Å². The standard InChI is InChI=1S/C10H20N2O3/c1-4-7-11-10(13)12-8-9(14-5-2)15-6-3/h4,7,9H,5-6,8H2,1-3H3,(H2,11,12,13)/b7-4+. The van der Waals surface area contributed by atoms with E-state index in [1.807, 2.05) is 20.8 Å². The number of allylic oxidation sites excluding steroid dienone is 1. The quantitative estimate of drug-likeness (QED) is 0.629. The minimum Gasteiger partial charge on any atom is -0.351 e. The number of carbonyl (C=O) groups excluding carboxylic acids is 1. The van der Waals surface area contributed by atoms with Crippen molar-refractivity contribution in [3.8, 4) is 0 Å². The van der Waals surface area contributed by atoms with Gasteiger partial charge in [-0.25, -0.2) is 4.79 Å². The van der Waals surface area contributed by atoms with Crippen molar-refractivity contribution in [1.82, 2.24) is 10.6 Å². The third kappa shape index (κ3) is 7.96. The summed E-state index contributed by atoms with van der Waals surface area (Å²) in [5.41, 5.74) is 0. The van der Waals surface area contributed by atoms with E-state index in [1.54, 1.807) is 12.3 Å². The summed E-state index contributed by atoms with van der Waals surface area (Å²) >= 11 is 0. The van der Waals surface area contributed by atoms with E-state index in [9.17, 15) is 4.79 Å². The van der Waals surface area contributed by atoms with Gasteiger partial charge >= 0.3 is 6.03 Å². The second-order valence-electron chi connectivity index (χ2n) is 2.69. The van der Waals surface area contributed by atoms with Crippen LogP contribution in [0.25, 0.3) is 0 Å². The van der Waals surface area contributed by atoms with Crippen LogP contribution < -0.4 is 10.6 Å². The fraction of sp³-hybridized carbons (Fsp3) is 0.700. The van der Waals surface area contributed by atoms with E-state index in [2.05, 4.69) is 10.6 Å². The molecule has 2 amide bonds. The summed E-state index contributed by atoms with van der Waals surface area (Å²) in [5, 5.41) is 5.17. The topological polar surface area (TPSA) is 59.6 Å². The van der Waals surface area contributed by atoms with Crippen LogP contribution in [-0.4, -0.2) is 32.1 Å². The van der Waals surface area contributed by atoms with Crippen molar-refractivity contribution in [1.29, 1.82) is 0 Å². The molecule has 0 atom stereocenters. The number of carbonyl (C=O) groups is 1. The van der Waals surface area contributed by atoms with Crippen molar-refractivity contribution in [2.45, 2.75) is 27.1 Å². The summed E-state index contributed by atoms with van der Waals surface area (Å²) in [4.78, 5) is 11.1. The molecular weight excluding hydrogens is 196 g/mol. The lowest BCUT2D eigenvalue weighted by Crippen LogP contribution is -2.39. The second kappa shape index (κ2) is 9.48. The molecule has 5 heteroatoms. The lowest BCUT2D eigenvalue weighted by molar-refractivity contribution is -0.131. The maximum absolute atomic E-state index is 11.1. The first kappa shape index (κ1) is 13.9. The molecule has 0 radical (unpaired) electrons. The van der Waals surface area contributed by atoms with Gasteiger partial charge in [0.2, 0.25) is 0 Å². The van der Waals surface area contributed by atoms with Crippen LogP contribution in [0.1, 0.15) is 20.8 Å².